The van der Waals surface area contributed by atoms with E-state index in [0.29, 0.717) is 12.0 Å². The first-order chi connectivity index (χ1) is 7.25. The molecule has 1 aliphatic rings. The van der Waals surface area contributed by atoms with Crippen LogP contribution in [0.3, 0.4) is 0 Å². The van der Waals surface area contributed by atoms with Crippen LogP contribution in [0.25, 0.3) is 0 Å². The Morgan fingerprint density at radius 3 is 3.00 bits per heavy atom. The molecule has 1 saturated heterocycles. The van der Waals surface area contributed by atoms with Crippen LogP contribution >= 0.6 is 11.5 Å². The summed E-state index contributed by atoms with van der Waals surface area (Å²) in [5.74, 6) is 1.33. The van der Waals surface area contributed by atoms with E-state index in [1.165, 1.54) is 11.5 Å². The van der Waals surface area contributed by atoms with Crippen molar-refractivity contribution >= 4 is 16.7 Å². The van der Waals surface area contributed by atoms with E-state index >= 15 is 0 Å². The first kappa shape index (κ1) is 10.8. The molecule has 0 radical (unpaired) electrons. The zero-order valence-corrected chi connectivity index (χ0v) is 10.0. The Kier molecular flexibility index (Phi) is 3.53. The molecular weight excluding hydrogens is 210 g/mol. The molecule has 0 aliphatic carbocycles. The lowest BCUT2D eigenvalue weighted by Crippen LogP contribution is -2.29. The Morgan fingerprint density at radius 2 is 2.40 bits per heavy atom. The van der Waals surface area contributed by atoms with Crippen molar-refractivity contribution in [3.8, 4) is 0 Å². The number of anilines is 1. The molecule has 5 heteroatoms. The van der Waals surface area contributed by atoms with E-state index in [-0.39, 0.29) is 0 Å². The fourth-order valence-electron chi connectivity index (χ4n) is 1.56. The molecule has 2 heterocycles. The van der Waals surface area contributed by atoms with Crippen LogP contribution in [0.15, 0.2) is 0 Å². The summed E-state index contributed by atoms with van der Waals surface area (Å²) in [6, 6.07) is 0.409. The number of hydrogen-bond acceptors (Lipinski definition) is 5. The third kappa shape index (κ3) is 2.89. The van der Waals surface area contributed by atoms with Crippen LogP contribution in [0.4, 0.5) is 5.13 Å². The van der Waals surface area contributed by atoms with Crippen molar-refractivity contribution in [1.29, 1.82) is 0 Å². The van der Waals surface area contributed by atoms with Crippen LogP contribution in [0.5, 0.6) is 0 Å². The second-order valence-corrected chi connectivity index (χ2v) is 4.92. The van der Waals surface area contributed by atoms with Gasteiger partial charge in [-0.2, -0.15) is 4.37 Å². The van der Waals surface area contributed by atoms with E-state index in [2.05, 4.69) is 28.5 Å². The van der Waals surface area contributed by atoms with Crippen LogP contribution < -0.4 is 5.32 Å². The zero-order valence-electron chi connectivity index (χ0n) is 9.19. The van der Waals surface area contributed by atoms with Gasteiger partial charge in [0.2, 0.25) is 5.13 Å². The molecule has 0 spiro atoms. The summed E-state index contributed by atoms with van der Waals surface area (Å²) in [4.78, 5) is 4.44. The maximum absolute atomic E-state index is 5.40. The number of nitrogens with one attached hydrogen (secondary N) is 1. The first-order valence-electron chi connectivity index (χ1n) is 5.43. The Hall–Kier alpha value is -0.680. The zero-order chi connectivity index (χ0) is 10.7. The lowest BCUT2D eigenvalue weighted by molar-refractivity contribution is 0.0876. The minimum atomic E-state index is 0.402. The van der Waals surface area contributed by atoms with Gasteiger partial charge in [0.15, 0.2) is 0 Å². The van der Waals surface area contributed by atoms with Crippen molar-refractivity contribution in [2.75, 3.05) is 18.5 Å². The second-order valence-electron chi connectivity index (χ2n) is 4.17. The minimum Gasteiger partial charge on any atom is -0.379 e. The van der Waals surface area contributed by atoms with Gasteiger partial charge >= 0.3 is 0 Å². The Balaban J connectivity index is 1.91. The lowest BCUT2D eigenvalue weighted by Gasteiger charge is -2.22. The average molecular weight is 227 g/mol. The van der Waals surface area contributed by atoms with Crippen LogP contribution in [-0.4, -0.2) is 28.6 Å². The maximum Gasteiger partial charge on any atom is 0.202 e. The molecule has 1 unspecified atom stereocenters. The molecule has 0 amide bonds. The van der Waals surface area contributed by atoms with Crippen molar-refractivity contribution in [2.24, 2.45) is 0 Å². The van der Waals surface area contributed by atoms with Crippen LogP contribution in [0.1, 0.15) is 38.4 Å². The highest BCUT2D eigenvalue weighted by Gasteiger charge is 2.15. The van der Waals surface area contributed by atoms with Crippen molar-refractivity contribution in [3.05, 3.63) is 5.82 Å². The number of hydrogen-bond donors (Lipinski definition) is 1. The summed E-state index contributed by atoms with van der Waals surface area (Å²) in [6.07, 6.45) is 2.30. The van der Waals surface area contributed by atoms with E-state index in [1.807, 2.05) is 0 Å². The number of rotatable bonds is 3. The van der Waals surface area contributed by atoms with Gasteiger partial charge in [-0.25, -0.2) is 4.98 Å². The van der Waals surface area contributed by atoms with Gasteiger partial charge in [0.1, 0.15) is 5.82 Å². The third-order valence-corrected chi connectivity index (χ3v) is 3.11. The monoisotopic (exact) mass is 227 g/mol. The Labute approximate surface area is 94.2 Å². The van der Waals surface area contributed by atoms with Crippen LogP contribution in [-0.2, 0) is 4.74 Å². The molecule has 0 bridgehead atoms. The maximum atomic E-state index is 5.40. The molecular formula is C10H17N3OS. The predicted octanol–water partition coefficient (Wildman–Crippen LogP) is 2.25. The molecule has 0 aromatic carbocycles. The van der Waals surface area contributed by atoms with Gasteiger partial charge in [0.25, 0.3) is 0 Å². The third-order valence-electron chi connectivity index (χ3n) is 2.45. The quantitative estimate of drug-likeness (QED) is 0.860. The van der Waals surface area contributed by atoms with E-state index < -0.39 is 0 Å². The summed E-state index contributed by atoms with van der Waals surface area (Å²) in [7, 11) is 0. The molecule has 84 valence electrons. The van der Waals surface area contributed by atoms with Crippen LogP contribution in [0.2, 0.25) is 0 Å². The van der Waals surface area contributed by atoms with Gasteiger partial charge in [-0.1, -0.05) is 13.8 Å². The molecule has 1 atom stereocenters. The van der Waals surface area contributed by atoms with Gasteiger partial charge in [0.05, 0.1) is 12.6 Å². The van der Waals surface area contributed by atoms with E-state index in [4.69, 9.17) is 4.74 Å². The smallest absolute Gasteiger partial charge is 0.202 e. The SMILES string of the molecule is CC(C)c1nsc(NC2CCCOC2)n1. The Bertz CT molecular complexity index is 307. The van der Waals surface area contributed by atoms with E-state index in [1.54, 1.807) is 0 Å². The summed E-state index contributed by atoms with van der Waals surface area (Å²) >= 11 is 1.44. The number of aromatic nitrogens is 2. The lowest BCUT2D eigenvalue weighted by atomic mass is 10.1. The van der Waals surface area contributed by atoms with Gasteiger partial charge < -0.3 is 10.1 Å². The Morgan fingerprint density at radius 1 is 1.53 bits per heavy atom. The molecule has 15 heavy (non-hydrogen) atoms. The highest BCUT2D eigenvalue weighted by molar-refractivity contribution is 7.09. The van der Waals surface area contributed by atoms with E-state index in [0.717, 1.165) is 37.0 Å². The summed E-state index contributed by atoms with van der Waals surface area (Å²) in [6.45, 7) is 5.90. The molecule has 4 nitrogen and oxygen atoms in total. The van der Waals surface area contributed by atoms with Gasteiger partial charge in [-0.3, -0.25) is 0 Å². The first-order valence-corrected chi connectivity index (χ1v) is 6.21. The van der Waals surface area contributed by atoms with Crippen molar-refractivity contribution in [1.82, 2.24) is 9.36 Å². The predicted molar refractivity (Wildman–Crippen MR) is 61.5 cm³/mol. The molecule has 1 aromatic heterocycles. The molecule has 1 fully saturated rings. The summed E-state index contributed by atoms with van der Waals surface area (Å²) in [5, 5.41) is 4.30. The highest BCUT2D eigenvalue weighted by atomic mass is 32.1. The summed E-state index contributed by atoms with van der Waals surface area (Å²) < 4.78 is 9.71. The molecule has 0 saturated carbocycles. The van der Waals surface area contributed by atoms with Gasteiger partial charge in [0, 0.05) is 24.1 Å². The molecule has 1 aliphatic heterocycles. The topological polar surface area (TPSA) is 47.0 Å². The minimum absolute atomic E-state index is 0.402. The molecule has 2 rings (SSSR count). The number of ether oxygens (including phenoxy) is 1. The number of nitrogens with zero attached hydrogens (tertiary/aromatic N) is 2. The van der Waals surface area contributed by atoms with Gasteiger partial charge in [-0.05, 0) is 12.8 Å². The van der Waals surface area contributed by atoms with Crippen LogP contribution in [0, 0.1) is 0 Å². The fraction of sp³-hybridized carbons (Fsp3) is 0.800. The standard InChI is InChI=1S/C10H17N3OS/c1-7(2)9-12-10(15-13-9)11-8-4-3-5-14-6-8/h7-8H,3-6H2,1-2H3,(H,11,12,13). The van der Waals surface area contributed by atoms with Gasteiger partial charge in [-0.15, -0.1) is 0 Å². The average Bonchev–Trinajstić information content (AvgIpc) is 2.68. The van der Waals surface area contributed by atoms with E-state index in [9.17, 15) is 0 Å². The molecule has 1 aromatic rings. The fourth-order valence-corrected chi connectivity index (χ4v) is 2.34. The molecule has 1 N–H and O–H groups in total. The van der Waals surface area contributed by atoms with Crippen molar-refractivity contribution < 1.29 is 4.74 Å². The largest absolute Gasteiger partial charge is 0.379 e. The van der Waals surface area contributed by atoms with Crippen molar-refractivity contribution in [3.63, 3.8) is 0 Å². The van der Waals surface area contributed by atoms with Crippen molar-refractivity contribution in [2.45, 2.75) is 38.6 Å². The highest BCUT2D eigenvalue weighted by Crippen LogP contribution is 2.19. The second kappa shape index (κ2) is 4.90. The normalized spacial score (nSPS) is 21.9. The summed E-state index contributed by atoms with van der Waals surface area (Å²) in [5.41, 5.74) is 0.